The van der Waals surface area contributed by atoms with Crippen molar-refractivity contribution >= 4 is 30.2 Å². The molecule has 0 spiro atoms. The number of amides is 1. The Kier molecular flexibility index (Phi) is 4.97. The van der Waals surface area contributed by atoms with Crippen LogP contribution in [0.1, 0.15) is 36.8 Å². The minimum atomic E-state index is -0.386. The molecule has 5 nitrogen and oxygen atoms in total. The second-order valence-electron chi connectivity index (χ2n) is 8.01. The van der Waals surface area contributed by atoms with Crippen molar-refractivity contribution in [3.8, 4) is 0 Å². The van der Waals surface area contributed by atoms with Crippen LogP contribution in [-0.2, 0) is 22.4 Å². The molecule has 2 unspecified atom stereocenters. The van der Waals surface area contributed by atoms with Crippen molar-refractivity contribution in [1.29, 1.82) is 0 Å². The second kappa shape index (κ2) is 7.24. The number of nitrogens with two attached hydrogens (primary N) is 1. The number of carbonyl (C=O) groups is 2. The van der Waals surface area contributed by atoms with Crippen LogP contribution < -0.4 is 5.73 Å². The number of Topliss-reactive ketones (excluding diaryl/α,β-unsaturated/α-hetero) is 1. The van der Waals surface area contributed by atoms with Crippen LogP contribution in [0.15, 0.2) is 18.2 Å². The smallest absolute Gasteiger partial charge is 0.241 e. The van der Waals surface area contributed by atoms with Crippen LogP contribution in [0.4, 0.5) is 5.69 Å². The van der Waals surface area contributed by atoms with Crippen LogP contribution in [0.5, 0.6) is 0 Å². The summed E-state index contributed by atoms with van der Waals surface area (Å²) in [5, 5.41) is 0. The van der Waals surface area contributed by atoms with E-state index in [2.05, 4.69) is 18.9 Å². The molecular weight excluding hydrogens is 346 g/mol. The highest BCUT2D eigenvalue weighted by Crippen LogP contribution is 2.35. The molecule has 1 aromatic rings. The van der Waals surface area contributed by atoms with Gasteiger partial charge in [-0.15, -0.1) is 0 Å². The average Bonchev–Trinajstić information content (AvgIpc) is 3.32. The summed E-state index contributed by atoms with van der Waals surface area (Å²) in [6.45, 7) is 2.33. The summed E-state index contributed by atoms with van der Waals surface area (Å²) < 4.78 is 1.79. The minimum Gasteiger partial charge on any atom is -0.399 e. The van der Waals surface area contributed by atoms with E-state index >= 15 is 0 Å². The van der Waals surface area contributed by atoms with Crippen LogP contribution in [0, 0.1) is 11.8 Å². The Morgan fingerprint density at radius 3 is 2.62 bits per heavy atom. The first kappa shape index (κ1) is 17.9. The minimum absolute atomic E-state index is 0.0934. The number of ketones is 1. The first-order chi connectivity index (χ1) is 12.5. The van der Waals surface area contributed by atoms with Crippen molar-refractivity contribution in [1.82, 2.24) is 9.21 Å². The number of hydrogen-bond donors (Lipinski definition) is 2. The van der Waals surface area contributed by atoms with Crippen molar-refractivity contribution in [2.45, 2.75) is 44.6 Å². The number of hydrogen-bond acceptors (Lipinski definition) is 5. The van der Waals surface area contributed by atoms with Gasteiger partial charge in [-0.1, -0.05) is 18.9 Å². The number of thiol groups is 1. The molecule has 0 bridgehead atoms. The van der Waals surface area contributed by atoms with E-state index in [1.165, 1.54) is 11.1 Å². The lowest BCUT2D eigenvalue weighted by atomic mass is 9.87. The Bertz CT molecular complexity index is 717. The van der Waals surface area contributed by atoms with Gasteiger partial charge in [-0.25, -0.2) is 4.31 Å². The monoisotopic (exact) mass is 373 g/mol. The van der Waals surface area contributed by atoms with Gasteiger partial charge >= 0.3 is 0 Å². The van der Waals surface area contributed by atoms with Crippen molar-refractivity contribution in [2.24, 2.45) is 11.8 Å². The predicted octanol–water partition coefficient (Wildman–Crippen LogP) is 2.10. The summed E-state index contributed by atoms with van der Waals surface area (Å²) in [5.41, 5.74) is 9.25. The fraction of sp³-hybridized carbons (Fsp3) is 0.600. The summed E-state index contributed by atoms with van der Waals surface area (Å²) >= 11 is 4.49. The molecule has 1 aromatic carbocycles. The molecule has 0 radical (unpaired) electrons. The molecule has 1 amide bonds. The average molecular weight is 374 g/mol. The van der Waals surface area contributed by atoms with E-state index in [1.54, 1.807) is 4.31 Å². The maximum Gasteiger partial charge on any atom is 0.241 e. The Balaban J connectivity index is 1.41. The molecule has 0 aromatic heterocycles. The molecule has 2 fully saturated rings. The van der Waals surface area contributed by atoms with E-state index in [9.17, 15) is 9.59 Å². The van der Waals surface area contributed by atoms with E-state index in [0.29, 0.717) is 18.9 Å². The van der Waals surface area contributed by atoms with E-state index in [1.807, 2.05) is 17.0 Å². The highest BCUT2D eigenvalue weighted by Gasteiger charge is 2.44. The van der Waals surface area contributed by atoms with Crippen LogP contribution in [0.25, 0.3) is 0 Å². The highest BCUT2D eigenvalue weighted by molar-refractivity contribution is 7.77. The fourth-order valence-corrected chi connectivity index (χ4v) is 5.22. The summed E-state index contributed by atoms with van der Waals surface area (Å²) in [7, 11) is 0. The lowest BCUT2D eigenvalue weighted by molar-refractivity contribution is -0.138. The van der Waals surface area contributed by atoms with Crippen molar-refractivity contribution in [2.75, 3.05) is 25.4 Å². The van der Waals surface area contributed by atoms with Gasteiger partial charge in [-0.2, -0.15) is 0 Å². The lowest BCUT2D eigenvalue weighted by Crippen LogP contribution is -2.46. The molecule has 2 N–H and O–H groups in total. The molecular formula is C20H27N3O2S. The van der Waals surface area contributed by atoms with Crippen LogP contribution in [-0.4, -0.2) is 46.6 Å². The Labute approximate surface area is 160 Å². The molecule has 1 aliphatic carbocycles. The number of rotatable bonds is 4. The first-order valence-corrected chi connectivity index (χ1v) is 10.1. The van der Waals surface area contributed by atoms with Crippen molar-refractivity contribution in [3.63, 3.8) is 0 Å². The third-order valence-electron chi connectivity index (χ3n) is 6.19. The highest BCUT2D eigenvalue weighted by atomic mass is 32.1. The molecule has 6 heteroatoms. The summed E-state index contributed by atoms with van der Waals surface area (Å²) in [6, 6.07) is 5.66. The van der Waals surface area contributed by atoms with E-state index in [-0.39, 0.29) is 23.7 Å². The van der Waals surface area contributed by atoms with Gasteiger partial charge in [0, 0.05) is 37.7 Å². The quantitative estimate of drug-likeness (QED) is 0.627. The second-order valence-corrected chi connectivity index (χ2v) is 8.52. The summed E-state index contributed by atoms with van der Waals surface area (Å²) in [6.07, 6.45) is 5.25. The fourth-order valence-electron chi connectivity index (χ4n) is 4.85. The number of carbonyl (C=O) groups excluding carboxylic acids is 2. The van der Waals surface area contributed by atoms with E-state index in [4.69, 9.17) is 5.73 Å². The van der Waals surface area contributed by atoms with Crippen molar-refractivity contribution < 1.29 is 9.59 Å². The van der Waals surface area contributed by atoms with Crippen LogP contribution in [0.3, 0.4) is 0 Å². The Morgan fingerprint density at radius 2 is 1.85 bits per heavy atom. The molecule has 3 atom stereocenters. The number of benzene rings is 1. The zero-order valence-electron chi connectivity index (χ0n) is 15.1. The number of nitrogens with zero attached hydrogens (tertiary/aromatic N) is 2. The first-order valence-electron chi connectivity index (χ1n) is 9.67. The van der Waals surface area contributed by atoms with Gasteiger partial charge in [-0.05, 0) is 61.3 Å². The summed E-state index contributed by atoms with van der Waals surface area (Å²) in [4.78, 5) is 27.8. The SMILES string of the molecule is Nc1ccc2c(c1)CC(CC(=O)C1CCN(S)[C@H]1C(=O)N1CCCC1)C2. The predicted molar refractivity (Wildman–Crippen MR) is 105 cm³/mol. The zero-order valence-corrected chi connectivity index (χ0v) is 16.0. The van der Waals surface area contributed by atoms with Gasteiger partial charge in [-0.3, -0.25) is 9.59 Å². The van der Waals surface area contributed by atoms with Crippen LogP contribution in [0.2, 0.25) is 0 Å². The molecule has 2 heterocycles. The normalized spacial score (nSPS) is 28.5. The third kappa shape index (κ3) is 3.37. The van der Waals surface area contributed by atoms with Crippen molar-refractivity contribution in [3.05, 3.63) is 29.3 Å². The van der Waals surface area contributed by atoms with Gasteiger partial charge in [0.05, 0.1) is 0 Å². The van der Waals surface area contributed by atoms with Crippen LogP contribution >= 0.6 is 12.8 Å². The summed E-state index contributed by atoms with van der Waals surface area (Å²) in [5.74, 6) is 0.436. The Morgan fingerprint density at radius 1 is 1.12 bits per heavy atom. The molecule has 140 valence electrons. The van der Waals surface area contributed by atoms with Gasteiger partial charge in [0.25, 0.3) is 0 Å². The van der Waals surface area contributed by atoms with E-state index < -0.39 is 0 Å². The maximum atomic E-state index is 13.0. The molecule has 0 saturated carbocycles. The largest absolute Gasteiger partial charge is 0.399 e. The van der Waals surface area contributed by atoms with Gasteiger partial charge < -0.3 is 10.6 Å². The number of fused-ring (bicyclic) bond motifs is 1. The van der Waals surface area contributed by atoms with Gasteiger partial charge in [0.2, 0.25) is 5.91 Å². The van der Waals surface area contributed by atoms with Gasteiger partial charge in [0.1, 0.15) is 11.8 Å². The molecule has 3 aliphatic rings. The zero-order chi connectivity index (χ0) is 18.3. The maximum absolute atomic E-state index is 13.0. The number of anilines is 1. The lowest BCUT2D eigenvalue weighted by Gasteiger charge is -2.27. The molecule has 2 aliphatic heterocycles. The van der Waals surface area contributed by atoms with Gasteiger partial charge in [0.15, 0.2) is 0 Å². The molecule has 2 saturated heterocycles. The van der Waals surface area contributed by atoms with E-state index in [0.717, 1.165) is 50.9 Å². The number of likely N-dealkylation sites (tertiary alicyclic amines) is 1. The topological polar surface area (TPSA) is 66.6 Å². The number of nitrogen functional groups attached to an aromatic ring is 1. The third-order valence-corrected chi connectivity index (χ3v) is 6.64. The molecule has 4 rings (SSSR count). The molecule has 26 heavy (non-hydrogen) atoms. The standard InChI is InChI=1S/C20H27N3O2S/c21-16-4-3-14-9-13(10-15(14)12-16)11-18(24)17-5-8-23(26)19(17)20(25)22-6-1-2-7-22/h3-4,12-13,17,19,26H,1-2,5-11,21H2/t13?,17?,19-/m1/s1. The Hall–Kier alpha value is -1.53.